The molecule has 0 atom stereocenters. The first-order valence-electron chi connectivity index (χ1n) is 4.89. The van der Waals surface area contributed by atoms with Crippen LogP contribution in [0.5, 0.6) is 0 Å². The molecule has 0 unspecified atom stereocenters. The maximum absolute atomic E-state index is 5.78. The average molecular weight is 251 g/mol. The lowest BCUT2D eigenvalue weighted by Gasteiger charge is -2.04. The van der Waals surface area contributed by atoms with E-state index in [4.69, 9.17) is 11.6 Å². The van der Waals surface area contributed by atoms with E-state index >= 15 is 0 Å². The van der Waals surface area contributed by atoms with Crippen molar-refractivity contribution in [2.24, 2.45) is 0 Å². The zero-order valence-corrected chi connectivity index (χ0v) is 10.6. The molecule has 1 heterocycles. The van der Waals surface area contributed by atoms with Crippen molar-refractivity contribution in [3.63, 3.8) is 0 Å². The Morgan fingerprint density at radius 3 is 2.81 bits per heavy atom. The molecule has 1 aromatic heterocycles. The maximum Gasteiger partial charge on any atom is 0.223 e. The summed E-state index contributed by atoms with van der Waals surface area (Å²) in [4.78, 5) is 9.32. The molecule has 0 aliphatic carbocycles. The molecule has 0 aliphatic heterocycles. The fraction of sp³-hybridized carbons (Fsp3) is 0.167. The van der Waals surface area contributed by atoms with Crippen LogP contribution in [0, 0.1) is 13.8 Å². The fourth-order valence-corrected chi connectivity index (χ4v) is 2.44. The molecule has 0 spiro atoms. The van der Waals surface area contributed by atoms with Gasteiger partial charge in [0.1, 0.15) is 5.03 Å². The lowest BCUT2D eigenvalue weighted by Crippen LogP contribution is -1.89. The summed E-state index contributed by atoms with van der Waals surface area (Å²) < 4.78 is 0. The van der Waals surface area contributed by atoms with Crippen molar-refractivity contribution in [1.29, 1.82) is 0 Å². The van der Waals surface area contributed by atoms with Gasteiger partial charge in [0.05, 0.1) is 0 Å². The van der Waals surface area contributed by atoms with E-state index in [1.807, 2.05) is 13.0 Å². The van der Waals surface area contributed by atoms with Crippen molar-refractivity contribution in [2.75, 3.05) is 0 Å². The second-order valence-electron chi connectivity index (χ2n) is 3.55. The van der Waals surface area contributed by atoms with Gasteiger partial charge < -0.3 is 0 Å². The van der Waals surface area contributed by atoms with Crippen molar-refractivity contribution < 1.29 is 0 Å². The molecule has 2 rings (SSSR count). The standard InChI is InChI=1S/C12H11ClN2S/c1-8-4-3-5-10(6-8)16-11-9(2)7-14-12(13)15-11/h3-7H,1-2H3. The van der Waals surface area contributed by atoms with Crippen molar-refractivity contribution in [2.45, 2.75) is 23.8 Å². The topological polar surface area (TPSA) is 25.8 Å². The van der Waals surface area contributed by atoms with Crippen LogP contribution in [-0.4, -0.2) is 9.97 Å². The number of halogens is 1. The summed E-state index contributed by atoms with van der Waals surface area (Å²) in [5, 5.41) is 1.20. The first-order chi connectivity index (χ1) is 7.65. The molecule has 0 aliphatic rings. The molecule has 2 nitrogen and oxygen atoms in total. The third kappa shape index (κ3) is 2.74. The summed E-state index contributed by atoms with van der Waals surface area (Å²) in [5.41, 5.74) is 2.28. The molecule has 1 aromatic carbocycles. The summed E-state index contributed by atoms with van der Waals surface area (Å²) in [6.07, 6.45) is 1.74. The van der Waals surface area contributed by atoms with Crippen LogP contribution in [0.2, 0.25) is 5.28 Å². The molecule has 2 aromatic rings. The van der Waals surface area contributed by atoms with E-state index in [2.05, 4.69) is 35.1 Å². The van der Waals surface area contributed by atoms with Gasteiger partial charge in [-0.2, -0.15) is 0 Å². The molecule has 0 fully saturated rings. The highest BCUT2D eigenvalue weighted by Gasteiger charge is 2.04. The SMILES string of the molecule is Cc1cccc(Sc2nc(Cl)ncc2C)c1. The Hall–Kier alpha value is -1.06. The molecule has 16 heavy (non-hydrogen) atoms. The number of hydrogen-bond acceptors (Lipinski definition) is 3. The smallest absolute Gasteiger partial charge is 0.223 e. The predicted molar refractivity (Wildman–Crippen MR) is 67.1 cm³/mol. The Labute approximate surface area is 104 Å². The molecule has 0 saturated heterocycles. The minimum absolute atomic E-state index is 0.292. The van der Waals surface area contributed by atoms with Gasteiger partial charge in [0.2, 0.25) is 5.28 Å². The van der Waals surface area contributed by atoms with E-state index in [9.17, 15) is 0 Å². The van der Waals surface area contributed by atoms with Gasteiger partial charge in [-0.3, -0.25) is 0 Å². The summed E-state index contributed by atoms with van der Waals surface area (Å²) in [6, 6.07) is 8.30. The molecular weight excluding hydrogens is 240 g/mol. The highest BCUT2D eigenvalue weighted by Crippen LogP contribution is 2.29. The third-order valence-electron chi connectivity index (χ3n) is 2.10. The third-order valence-corrected chi connectivity index (χ3v) is 3.38. The van der Waals surface area contributed by atoms with Crippen molar-refractivity contribution >= 4 is 23.4 Å². The van der Waals surface area contributed by atoms with Crippen LogP contribution >= 0.6 is 23.4 Å². The minimum Gasteiger partial charge on any atom is -0.226 e. The second-order valence-corrected chi connectivity index (χ2v) is 4.95. The number of nitrogens with zero attached hydrogens (tertiary/aromatic N) is 2. The van der Waals surface area contributed by atoms with Gasteiger partial charge in [0, 0.05) is 16.7 Å². The first-order valence-corrected chi connectivity index (χ1v) is 6.08. The normalized spacial score (nSPS) is 10.4. The van der Waals surface area contributed by atoms with Crippen molar-refractivity contribution in [1.82, 2.24) is 9.97 Å². The van der Waals surface area contributed by atoms with Crippen LogP contribution < -0.4 is 0 Å². The fourth-order valence-electron chi connectivity index (χ4n) is 1.30. The summed E-state index contributed by atoms with van der Waals surface area (Å²) in [5.74, 6) is 0. The van der Waals surface area contributed by atoms with E-state index in [0.717, 1.165) is 15.5 Å². The van der Waals surface area contributed by atoms with Crippen LogP contribution in [0.4, 0.5) is 0 Å². The molecule has 82 valence electrons. The Morgan fingerprint density at radius 2 is 2.06 bits per heavy atom. The van der Waals surface area contributed by atoms with E-state index in [1.165, 1.54) is 5.56 Å². The molecule has 0 amide bonds. The number of rotatable bonds is 2. The van der Waals surface area contributed by atoms with Crippen LogP contribution in [0.15, 0.2) is 40.4 Å². The molecule has 4 heteroatoms. The molecule has 0 saturated carbocycles. The van der Waals surface area contributed by atoms with Gasteiger partial charge in [-0.25, -0.2) is 9.97 Å². The average Bonchev–Trinajstić information content (AvgIpc) is 2.24. The number of aromatic nitrogens is 2. The molecule has 0 N–H and O–H groups in total. The minimum atomic E-state index is 0.292. The largest absolute Gasteiger partial charge is 0.226 e. The Morgan fingerprint density at radius 1 is 1.25 bits per heavy atom. The lowest BCUT2D eigenvalue weighted by atomic mass is 10.2. The van der Waals surface area contributed by atoms with Crippen LogP contribution in [-0.2, 0) is 0 Å². The highest BCUT2D eigenvalue weighted by molar-refractivity contribution is 7.99. The van der Waals surface area contributed by atoms with Crippen molar-refractivity contribution in [3.05, 3.63) is 46.9 Å². The van der Waals surface area contributed by atoms with Gasteiger partial charge >= 0.3 is 0 Å². The van der Waals surface area contributed by atoms with E-state index < -0.39 is 0 Å². The van der Waals surface area contributed by atoms with Gasteiger partial charge in [0.25, 0.3) is 0 Å². The number of hydrogen-bond donors (Lipinski definition) is 0. The van der Waals surface area contributed by atoms with Crippen LogP contribution in [0.25, 0.3) is 0 Å². The Kier molecular flexibility index (Phi) is 3.46. The van der Waals surface area contributed by atoms with E-state index in [1.54, 1.807) is 18.0 Å². The van der Waals surface area contributed by atoms with Gasteiger partial charge in [0.15, 0.2) is 0 Å². The zero-order chi connectivity index (χ0) is 11.5. The molecular formula is C12H11ClN2S. The van der Waals surface area contributed by atoms with Crippen molar-refractivity contribution in [3.8, 4) is 0 Å². The van der Waals surface area contributed by atoms with E-state index in [0.29, 0.717) is 5.28 Å². The lowest BCUT2D eigenvalue weighted by molar-refractivity contribution is 1.00. The monoisotopic (exact) mass is 250 g/mol. The maximum atomic E-state index is 5.78. The van der Waals surface area contributed by atoms with Gasteiger partial charge in [-0.05, 0) is 37.6 Å². The Balaban J connectivity index is 2.30. The summed E-state index contributed by atoms with van der Waals surface area (Å²) >= 11 is 7.39. The second kappa shape index (κ2) is 4.85. The quantitative estimate of drug-likeness (QED) is 0.597. The summed E-state index contributed by atoms with van der Waals surface area (Å²) in [7, 11) is 0. The summed E-state index contributed by atoms with van der Waals surface area (Å²) in [6.45, 7) is 4.05. The molecule has 0 radical (unpaired) electrons. The number of benzene rings is 1. The highest BCUT2D eigenvalue weighted by atomic mass is 35.5. The van der Waals surface area contributed by atoms with Gasteiger partial charge in [-0.1, -0.05) is 29.5 Å². The number of aryl methyl sites for hydroxylation is 2. The Bertz CT molecular complexity index is 514. The molecule has 0 bridgehead atoms. The van der Waals surface area contributed by atoms with Crippen LogP contribution in [0.3, 0.4) is 0 Å². The van der Waals surface area contributed by atoms with Gasteiger partial charge in [-0.15, -0.1) is 0 Å². The van der Waals surface area contributed by atoms with Crippen LogP contribution in [0.1, 0.15) is 11.1 Å². The van der Waals surface area contributed by atoms with E-state index in [-0.39, 0.29) is 0 Å². The zero-order valence-electron chi connectivity index (χ0n) is 9.07. The first kappa shape index (κ1) is 11.4. The predicted octanol–water partition coefficient (Wildman–Crippen LogP) is 3.90.